The van der Waals surface area contributed by atoms with Gasteiger partial charge in [0.25, 0.3) is 0 Å². The van der Waals surface area contributed by atoms with E-state index in [1.54, 1.807) is 44.4 Å². The molecule has 3 nitrogen and oxygen atoms in total. The van der Waals surface area contributed by atoms with Gasteiger partial charge in [0.1, 0.15) is 16.7 Å². The number of ether oxygens (including phenoxy) is 1. The van der Waals surface area contributed by atoms with Crippen molar-refractivity contribution in [1.82, 2.24) is 9.97 Å². The van der Waals surface area contributed by atoms with Crippen molar-refractivity contribution >= 4 is 22.5 Å². The molecule has 0 unspecified atom stereocenters. The molecule has 0 saturated carbocycles. The van der Waals surface area contributed by atoms with Crippen LogP contribution < -0.4 is 4.74 Å². The highest BCUT2D eigenvalue weighted by Gasteiger charge is 2.10. The van der Waals surface area contributed by atoms with Crippen LogP contribution in [0, 0.1) is 12.7 Å². The molecule has 2 aromatic carbocycles. The summed E-state index contributed by atoms with van der Waals surface area (Å²) in [5.74, 6) is 0.774. The fourth-order valence-electron chi connectivity index (χ4n) is 2.06. The van der Waals surface area contributed by atoms with Crippen LogP contribution in [-0.4, -0.2) is 17.1 Å². The highest BCUT2D eigenvalue weighted by Crippen LogP contribution is 2.28. The van der Waals surface area contributed by atoms with Crippen molar-refractivity contribution in [1.29, 1.82) is 0 Å². The molecular formula is C16H12ClFN2O. The third-order valence-corrected chi connectivity index (χ3v) is 3.58. The lowest BCUT2D eigenvalue weighted by molar-refractivity contribution is 0.415. The molecule has 0 spiro atoms. The normalized spacial score (nSPS) is 10.9. The molecule has 0 atom stereocenters. The molecule has 0 aliphatic carbocycles. The Hall–Kier alpha value is -2.20. The Labute approximate surface area is 126 Å². The second kappa shape index (κ2) is 5.30. The van der Waals surface area contributed by atoms with E-state index in [0.717, 1.165) is 5.39 Å². The summed E-state index contributed by atoms with van der Waals surface area (Å²) in [5, 5.41) is 1.06. The van der Waals surface area contributed by atoms with E-state index in [4.69, 9.17) is 16.3 Å². The second-order valence-corrected chi connectivity index (χ2v) is 5.04. The largest absolute Gasteiger partial charge is 0.497 e. The lowest BCUT2D eigenvalue weighted by atomic mass is 10.1. The summed E-state index contributed by atoms with van der Waals surface area (Å²) in [6, 6.07) is 10.2. The minimum absolute atomic E-state index is 0.294. The number of nitrogens with zero attached hydrogens (tertiary/aromatic N) is 2. The number of aryl methyl sites for hydroxylation is 1. The number of methoxy groups -OCH3 is 1. The van der Waals surface area contributed by atoms with Crippen molar-refractivity contribution in [3.05, 3.63) is 52.9 Å². The quantitative estimate of drug-likeness (QED) is 0.658. The lowest BCUT2D eigenvalue weighted by Gasteiger charge is -2.07. The third-order valence-electron chi connectivity index (χ3n) is 3.29. The number of benzene rings is 2. The second-order valence-electron chi connectivity index (χ2n) is 4.69. The van der Waals surface area contributed by atoms with Gasteiger partial charge in [0, 0.05) is 17.0 Å². The van der Waals surface area contributed by atoms with Gasteiger partial charge < -0.3 is 4.74 Å². The van der Waals surface area contributed by atoms with Crippen molar-refractivity contribution in [3.63, 3.8) is 0 Å². The van der Waals surface area contributed by atoms with E-state index in [-0.39, 0.29) is 5.82 Å². The molecule has 3 rings (SSSR count). The van der Waals surface area contributed by atoms with E-state index in [1.807, 2.05) is 0 Å². The Morgan fingerprint density at radius 2 is 1.90 bits per heavy atom. The van der Waals surface area contributed by atoms with Crippen LogP contribution in [0.15, 0.2) is 36.4 Å². The monoisotopic (exact) mass is 302 g/mol. The first-order valence-corrected chi connectivity index (χ1v) is 6.74. The Balaban J connectivity index is 2.20. The number of rotatable bonds is 2. The molecule has 0 bridgehead atoms. The van der Waals surface area contributed by atoms with Gasteiger partial charge in [0.05, 0.1) is 12.6 Å². The maximum atomic E-state index is 13.7. The van der Waals surface area contributed by atoms with Crippen molar-refractivity contribution in [3.8, 4) is 17.1 Å². The Kier molecular flexibility index (Phi) is 3.47. The predicted molar refractivity (Wildman–Crippen MR) is 81.2 cm³/mol. The molecule has 1 heterocycles. The van der Waals surface area contributed by atoms with Crippen molar-refractivity contribution in [2.45, 2.75) is 6.92 Å². The summed E-state index contributed by atoms with van der Waals surface area (Å²) in [7, 11) is 1.58. The smallest absolute Gasteiger partial charge is 0.161 e. The molecule has 1 aromatic heterocycles. The minimum Gasteiger partial charge on any atom is -0.497 e. The molecule has 0 fully saturated rings. The van der Waals surface area contributed by atoms with Gasteiger partial charge in [-0.3, -0.25) is 0 Å². The molecule has 0 amide bonds. The summed E-state index contributed by atoms with van der Waals surface area (Å²) in [5.41, 5.74) is 1.82. The van der Waals surface area contributed by atoms with Gasteiger partial charge in [-0.05, 0) is 30.7 Å². The molecule has 0 aliphatic heterocycles. The topological polar surface area (TPSA) is 35.0 Å². The van der Waals surface area contributed by atoms with Crippen LogP contribution >= 0.6 is 11.6 Å². The standard InChI is InChI=1S/C16H12ClFN2O/c1-9-3-4-10(7-13(9)18)16-19-14-8-11(21-2)5-6-12(14)15(17)20-16/h3-8H,1-2H3. The predicted octanol–water partition coefficient (Wildman–Crippen LogP) is 4.41. The summed E-state index contributed by atoms with van der Waals surface area (Å²) in [6.45, 7) is 1.71. The van der Waals surface area contributed by atoms with E-state index in [1.165, 1.54) is 6.07 Å². The molecule has 21 heavy (non-hydrogen) atoms. The summed E-state index contributed by atoms with van der Waals surface area (Å²) in [6.07, 6.45) is 0. The van der Waals surface area contributed by atoms with Gasteiger partial charge >= 0.3 is 0 Å². The first-order valence-electron chi connectivity index (χ1n) is 6.36. The zero-order valence-corrected chi connectivity index (χ0v) is 12.3. The average molecular weight is 303 g/mol. The fraction of sp³-hybridized carbons (Fsp3) is 0.125. The lowest BCUT2D eigenvalue weighted by Crippen LogP contribution is -1.94. The number of aromatic nitrogens is 2. The highest BCUT2D eigenvalue weighted by molar-refractivity contribution is 6.34. The molecule has 0 N–H and O–H groups in total. The van der Waals surface area contributed by atoms with Crippen LogP contribution in [0.4, 0.5) is 4.39 Å². The molecule has 106 valence electrons. The van der Waals surface area contributed by atoms with Crippen LogP contribution in [0.25, 0.3) is 22.3 Å². The first-order chi connectivity index (χ1) is 10.1. The zero-order valence-electron chi connectivity index (χ0n) is 11.5. The molecule has 0 aliphatic rings. The van der Waals surface area contributed by atoms with Crippen LogP contribution in [0.2, 0.25) is 5.15 Å². The van der Waals surface area contributed by atoms with Crippen molar-refractivity contribution in [2.75, 3.05) is 7.11 Å². The van der Waals surface area contributed by atoms with Crippen LogP contribution in [0.3, 0.4) is 0 Å². The summed E-state index contributed by atoms with van der Waals surface area (Å²) < 4.78 is 18.9. The first kappa shape index (κ1) is 13.8. The maximum absolute atomic E-state index is 13.7. The molecule has 0 saturated heterocycles. The van der Waals surface area contributed by atoms with E-state index in [0.29, 0.717) is 33.4 Å². The van der Waals surface area contributed by atoms with Crippen molar-refractivity contribution < 1.29 is 9.13 Å². The van der Waals surface area contributed by atoms with E-state index >= 15 is 0 Å². The van der Waals surface area contributed by atoms with E-state index < -0.39 is 0 Å². The van der Waals surface area contributed by atoms with Crippen LogP contribution in [0.1, 0.15) is 5.56 Å². The third kappa shape index (κ3) is 2.54. The maximum Gasteiger partial charge on any atom is 0.161 e. The zero-order chi connectivity index (χ0) is 15.0. The number of halogens is 2. The van der Waals surface area contributed by atoms with Crippen LogP contribution in [0.5, 0.6) is 5.75 Å². The van der Waals surface area contributed by atoms with Gasteiger partial charge in [0.15, 0.2) is 5.82 Å². The summed E-state index contributed by atoms with van der Waals surface area (Å²) in [4.78, 5) is 8.69. The summed E-state index contributed by atoms with van der Waals surface area (Å²) >= 11 is 6.19. The Morgan fingerprint density at radius 1 is 1.10 bits per heavy atom. The average Bonchev–Trinajstić information content (AvgIpc) is 2.49. The van der Waals surface area contributed by atoms with Crippen molar-refractivity contribution in [2.24, 2.45) is 0 Å². The van der Waals surface area contributed by atoms with Crippen LogP contribution in [-0.2, 0) is 0 Å². The molecule has 5 heteroatoms. The van der Waals surface area contributed by atoms with E-state index in [2.05, 4.69) is 9.97 Å². The highest BCUT2D eigenvalue weighted by atomic mass is 35.5. The minimum atomic E-state index is -0.294. The Morgan fingerprint density at radius 3 is 2.62 bits per heavy atom. The van der Waals surface area contributed by atoms with Gasteiger partial charge in [0.2, 0.25) is 0 Å². The van der Waals surface area contributed by atoms with Gasteiger partial charge in [-0.1, -0.05) is 23.7 Å². The molecular weight excluding hydrogens is 291 g/mol. The van der Waals surface area contributed by atoms with E-state index in [9.17, 15) is 4.39 Å². The van der Waals surface area contributed by atoms with Gasteiger partial charge in [-0.25, -0.2) is 14.4 Å². The fourth-order valence-corrected chi connectivity index (χ4v) is 2.30. The number of fused-ring (bicyclic) bond motifs is 1. The number of hydrogen-bond acceptors (Lipinski definition) is 3. The van der Waals surface area contributed by atoms with Gasteiger partial charge in [-0.15, -0.1) is 0 Å². The molecule has 0 radical (unpaired) electrons. The SMILES string of the molecule is COc1ccc2c(Cl)nc(-c3ccc(C)c(F)c3)nc2c1. The Bertz CT molecular complexity index is 836. The van der Waals surface area contributed by atoms with Gasteiger partial charge in [-0.2, -0.15) is 0 Å². The molecule has 3 aromatic rings. The number of hydrogen-bond donors (Lipinski definition) is 0.